The molecule has 1 aliphatic carbocycles. The van der Waals surface area contributed by atoms with Gasteiger partial charge in [-0.1, -0.05) is 60.7 Å². The van der Waals surface area contributed by atoms with E-state index in [4.69, 9.17) is 4.74 Å². The standard InChI is InChI=1S/C32H37N3O4/c1-34(31(37)25-11-7-8-23(18-25)14-17-36)15-16-35-21-26-19-28(20-27(26)22-35)39-32(38)33-30-13-6-5-12-29(30)24-9-3-2-4-10-24/h2-13,18,26-28,36H,14-17,19-22H2,1H3,(H,33,38)/t26-,27+,28+. The number of nitrogens with zero attached hydrogens (tertiary/aromatic N) is 2. The third-order valence-corrected chi connectivity index (χ3v) is 7.98. The lowest BCUT2D eigenvalue weighted by Gasteiger charge is -2.23. The molecule has 204 valence electrons. The van der Waals surface area contributed by atoms with Gasteiger partial charge in [-0.05, 0) is 60.4 Å². The second kappa shape index (κ2) is 12.5. The molecule has 0 bridgehead atoms. The molecule has 2 aliphatic rings. The van der Waals surface area contributed by atoms with Crippen molar-refractivity contribution < 1.29 is 19.4 Å². The second-order valence-electron chi connectivity index (χ2n) is 10.7. The van der Waals surface area contributed by atoms with Gasteiger partial charge >= 0.3 is 6.09 Å². The van der Waals surface area contributed by atoms with E-state index in [-0.39, 0.29) is 18.6 Å². The molecule has 0 radical (unpaired) electrons. The van der Waals surface area contributed by atoms with Crippen LogP contribution in [0.25, 0.3) is 11.1 Å². The predicted molar refractivity (Wildman–Crippen MR) is 153 cm³/mol. The first-order chi connectivity index (χ1) is 19.0. The monoisotopic (exact) mass is 527 g/mol. The van der Waals surface area contributed by atoms with Crippen LogP contribution in [0.2, 0.25) is 0 Å². The Morgan fingerprint density at radius 3 is 2.44 bits per heavy atom. The number of anilines is 1. The molecule has 1 saturated carbocycles. The SMILES string of the molecule is CN(CCN1C[C@H]2C[C@H](OC(=O)Nc3ccccc3-c3ccccc3)C[C@H]2C1)C(=O)c1cccc(CCO)c1. The van der Waals surface area contributed by atoms with Gasteiger partial charge in [0.05, 0.1) is 5.69 Å². The van der Waals surface area contributed by atoms with Crippen LogP contribution in [0.5, 0.6) is 0 Å². The molecular weight excluding hydrogens is 490 g/mol. The Kier molecular flexibility index (Phi) is 8.59. The zero-order chi connectivity index (χ0) is 27.2. The average molecular weight is 528 g/mol. The summed E-state index contributed by atoms with van der Waals surface area (Å²) in [5.74, 6) is 1.02. The molecule has 1 aliphatic heterocycles. The lowest BCUT2D eigenvalue weighted by Crippen LogP contribution is -2.36. The Morgan fingerprint density at radius 2 is 1.69 bits per heavy atom. The van der Waals surface area contributed by atoms with Gasteiger partial charge in [-0.2, -0.15) is 0 Å². The van der Waals surface area contributed by atoms with Crippen molar-refractivity contribution in [3.63, 3.8) is 0 Å². The highest BCUT2D eigenvalue weighted by Crippen LogP contribution is 2.39. The van der Waals surface area contributed by atoms with Crippen LogP contribution in [0.4, 0.5) is 10.5 Å². The summed E-state index contributed by atoms with van der Waals surface area (Å²) in [6, 6.07) is 25.3. The Labute approximate surface area is 230 Å². The van der Waals surface area contributed by atoms with Crippen LogP contribution in [-0.2, 0) is 11.2 Å². The molecule has 1 heterocycles. The van der Waals surface area contributed by atoms with Crippen LogP contribution < -0.4 is 5.32 Å². The molecule has 3 atom stereocenters. The number of likely N-dealkylation sites (tertiary alicyclic amines) is 1. The molecule has 39 heavy (non-hydrogen) atoms. The van der Waals surface area contributed by atoms with E-state index in [9.17, 15) is 14.7 Å². The molecule has 7 heteroatoms. The van der Waals surface area contributed by atoms with Crippen molar-refractivity contribution in [3.05, 3.63) is 90.0 Å². The number of ether oxygens (including phenoxy) is 1. The summed E-state index contributed by atoms with van der Waals surface area (Å²) in [6.07, 6.45) is 1.84. The molecule has 2 amide bonds. The molecule has 1 saturated heterocycles. The van der Waals surface area contributed by atoms with Gasteiger partial charge in [0.1, 0.15) is 6.10 Å². The number of aliphatic hydroxyl groups is 1. The van der Waals surface area contributed by atoms with Crippen molar-refractivity contribution in [2.45, 2.75) is 25.4 Å². The van der Waals surface area contributed by atoms with Gasteiger partial charge in [-0.25, -0.2) is 4.79 Å². The number of aliphatic hydroxyl groups excluding tert-OH is 1. The van der Waals surface area contributed by atoms with E-state index in [0.717, 1.165) is 54.9 Å². The van der Waals surface area contributed by atoms with Gasteiger partial charge in [0.25, 0.3) is 5.91 Å². The fraction of sp³-hybridized carbons (Fsp3) is 0.375. The number of nitrogens with one attached hydrogen (secondary N) is 1. The minimum Gasteiger partial charge on any atom is -0.446 e. The van der Waals surface area contributed by atoms with Crippen LogP contribution in [0, 0.1) is 11.8 Å². The van der Waals surface area contributed by atoms with Crippen molar-refractivity contribution in [1.29, 1.82) is 0 Å². The summed E-state index contributed by atoms with van der Waals surface area (Å²) >= 11 is 0. The molecule has 3 aromatic rings. The maximum atomic E-state index is 12.9. The number of amides is 2. The normalized spacial score (nSPS) is 20.4. The van der Waals surface area contributed by atoms with Gasteiger partial charge < -0.3 is 19.6 Å². The minimum absolute atomic E-state index is 0.00231. The quantitative estimate of drug-likeness (QED) is 0.413. The summed E-state index contributed by atoms with van der Waals surface area (Å²) in [7, 11) is 1.84. The fourth-order valence-electron chi connectivity index (χ4n) is 5.97. The fourth-order valence-corrected chi connectivity index (χ4v) is 5.97. The molecule has 2 N–H and O–H groups in total. The second-order valence-corrected chi connectivity index (χ2v) is 10.7. The Hall–Kier alpha value is -3.68. The molecule has 5 rings (SSSR count). The number of carbonyl (C=O) groups is 2. The van der Waals surface area contributed by atoms with Gasteiger partial charge in [-0.3, -0.25) is 10.1 Å². The van der Waals surface area contributed by atoms with Crippen LogP contribution >= 0.6 is 0 Å². The number of benzene rings is 3. The number of fused-ring (bicyclic) bond motifs is 1. The first kappa shape index (κ1) is 26.9. The largest absolute Gasteiger partial charge is 0.446 e. The van der Waals surface area contributed by atoms with E-state index in [1.54, 1.807) is 4.90 Å². The van der Waals surface area contributed by atoms with Crippen LogP contribution in [0.1, 0.15) is 28.8 Å². The molecule has 0 spiro atoms. The molecule has 3 aromatic carbocycles. The first-order valence-electron chi connectivity index (χ1n) is 13.8. The highest BCUT2D eigenvalue weighted by molar-refractivity contribution is 5.94. The molecule has 7 nitrogen and oxygen atoms in total. The van der Waals surface area contributed by atoms with Crippen molar-refractivity contribution >= 4 is 17.7 Å². The highest BCUT2D eigenvalue weighted by atomic mass is 16.6. The summed E-state index contributed by atoms with van der Waals surface area (Å²) in [5.41, 5.74) is 4.39. The number of rotatable bonds is 9. The maximum Gasteiger partial charge on any atom is 0.411 e. The predicted octanol–water partition coefficient (Wildman–Crippen LogP) is 4.92. The minimum atomic E-state index is -0.400. The summed E-state index contributed by atoms with van der Waals surface area (Å²) in [4.78, 5) is 29.8. The zero-order valence-electron chi connectivity index (χ0n) is 22.5. The van der Waals surface area contributed by atoms with Gasteiger partial charge in [0, 0.05) is 51.0 Å². The third kappa shape index (κ3) is 6.67. The van der Waals surface area contributed by atoms with Crippen molar-refractivity contribution in [3.8, 4) is 11.1 Å². The molecule has 0 aromatic heterocycles. The third-order valence-electron chi connectivity index (χ3n) is 7.98. The van der Waals surface area contributed by atoms with Crippen LogP contribution in [-0.4, -0.2) is 72.8 Å². The zero-order valence-corrected chi connectivity index (χ0v) is 22.5. The first-order valence-corrected chi connectivity index (χ1v) is 13.8. The van der Waals surface area contributed by atoms with E-state index in [2.05, 4.69) is 10.2 Å². The maximum absolute atomic E-state index is 12.9. The topological polar surface area (TPSA) is 82.1 Å². The van der Waals surface area contributed by atoms with E-state index in [1.165, 1.54) is 0 Å². The van der Waals surface area contributed by atoms with E-state index < -0.39 is 6.09 Å². The van der Waals surface area contributed by atoms with Crippen molar-refractivity contribution in [2.24, 2.45) is 11.8 Å². The number of likely N-dealkylation sites (N-methyl/N-ethyl adjacent to an activating group) is 1. The van der Waals surface area contributed by atoms with Crippen LogP contribution in [0.15, 0.2) is 78.9 Å². The van der Waals surface area contributed by atoms with E-state index in [1.807, 2.05) is 85.9 Å². The number of hydrogen-bond acceptors (Lipinski definition) is 5. The van der Waals surface area contributed by atoms with Crippen molar-refractivity contribution in [1.82, 2.24) is 9.80 Å². The molecule has 2 fully saturated rings. The Balaban J connectivity index is 1.07. The van der Waals surface area contributed by atoms with Crippen molar-refractivity contribution in [2.75, 3.05) is 45.2 Å². The van der Waals surface area contributed by atoms with E-state index in [0.29, 0.717) is 30.4 Å². The highest BCUT2D eigenvalue weighted by Gasteiger charge is 2.42. The smallest absolute Gasteiger partial charge is 0.411 e. The van der Waals surface area contributed by atoms with Gasteiger partial charge in [0.15, 0.2) is 0 Å². The Bertz CT molecular complexity index is 1270. The molecular formula is C32H37N3O4. The summed E-state index contributed by atoms with van der Waals surface area (Å²) in [6.45, 7) is 3.50. The molecule has 0 unspecified atom stereocenters. The van der Waals surface area contributed by atoms with Crippen LogP contribution in [0.3, 0.4) is 0 Å². The lowest BCUT2D eigenvalue weighted by molar-refractivity contribution is 0.0778. The lowest BCUT2D eigenvalue weighted by atomic mass is 10.0. The Morgan fingerprint density at radius 1 is 0.974 bits per heavy atom. The van der Waals surface area contributed by atoms with E-state index >= 15 is 0 Å². The summed E-state index contributed by atoms with van der Waals surface area (Å²) in [5, 5.41) is 12.1. The average Bonchev–Trinajstić information content (AvgIpc) is 3.50. The summed E-state index contributed by atoms with van der Waals surface area (Å²) < 4.78 is 5.85. The number of hydrogen-bond donors (Lipinski definition) is 2. The number of carbonyl (C=O) groups excluding carboxylic acids is 2. The number of para-hydroxylation sites is 1. The van der Waals surface area contributed by atoms with Gasteiger partial charge in [-0.15, -0.1) is 0 Å². The van der Waals surface area contributed by atoms with Gasteiger partial charge in [0.2, 0.25) is 0 Å².